The zero-order valence-corrected chi connectivity index (χ0v) is 49.5. The molecule has 0 unspecified atom stereocenters. The summed E-state index contributed by atoms with van der Waals surface area (Å²) >= 11 is 0. The third-order valence-electron chi connectivity index (χ3n) is 13.1. The summed E-state index contributed by atoms with van der Waals surface area (Å²) in [7, 11) is -4.68. The fraction of sp³-hybridized carbons (Fsp3) is 0.455. The highest BCUT2D eigenvalue weighted by Gasteiger charge is 2.36. The first kappa shape index (κ1) is 69.8. The second-order valence-electron chi connectivity index (χ2n) is 19.6. The van der Waals surface area contributed by atoms with Crippen LogP contribution in [0.15, 0.2) is 131 Å². The summed E-state index contributed by atoms with van der Waals surface area (Å²) in [5, 5.41) is 0. The summed E-state index contributed by atoms with van der Waals surface area (Å²) in [4.78, 5) is 70.0. The number of ether oxygens (including phenoxy) is 6. The molecule has 0 aliphatic heterocycles. The first-order valence-corrected chi connectivity index (χ1v) is 30.5. The van der Waals surface area contributed by atoms with Gasteiger partial charge in [-0.3, -0.25) is 0 Å². The van der Waals surface area contributed by atoms with Crippen LogP contribution in [0.2, 0.25) is 0 Å². The molecule has 0 heterocycles. The summed E-state index contributed by atoms with van der Waals surface area (Å²) in [5.41, 5.74) is 5.40. The maximum absolute atomic E-state index is 16.0. The van der Waals surface area contributed by atoms with Gasteiger partial charge in [-0.15, -0.1) is 0 Å². The van der Waals surface area contributed by atoms with E-state index in [-0.39, 0.29) is 19.8 Å². The first-order valence-electron chi connectivity index (χ1n) is 29.0. The third-order valence-corrected chi connectivity index (χ3v) is 14.3. The van der Waals surface area contributed by atoms with Gasteiger partial charge in [0.25, 0.3) is 0 Å². The van der Waals surface area contributed by atoms with E-state index in [9.17, 15) is 28.8 Å². The van der Waals surface area contributed by atoms with Gasteiger partial charge in [-0.2, -0.15) is 4.57 Å². The number of carbonyl (C=O) groups is 6. The number of esters is 6. The van der Waals surface area contributed by atoms with E-state index in [1.807, 2.05) is 36.4 Å². The van der Waals surface area contributed by atoms with Crippen molar-refractivity contribution < 1.29 is 75.3 Å². The van der Waals surface area contributed by atoms with Gasteiger partial charge in [-0.1, -0.05) is 75.9 Å². The molecule has 0 atom stereocenters. The molecule has 16 nitrogen and oxygen atoms in total. The maximum Gasteiger partial charge on any atom is 0.647 e. The Bertz CT molecular complexity index is 2340. The van der Waals surface area contributed by atoms with Crippen LogP contribution in [0, 0.1) is 0 Å². The van der Waals surface area contributed by atoms with E-state index < -0.39 is 43.6 Å². The standard InChI is InChI=1S/C66H87O16P/c1-7-61(67)74-43-25-13-19-31-52-37-40-58(55(49-52)34-22-16-28-46-77-64(70)10-4)80-83(73,81-59-41-38-53(32-20-14-26-44-75-62(68)8-2)50-56(59)35-23-17-29-47-78-65(71)11-5)82-60-42-39-54(33-21-15-27-45-76-63(69)9-3)51-57(60)36-24-18-30-48-79-66(72)12-6/h7-12,37-42,49-51H,1-6,13-36,43-48H2. The summed E-state index contributed by atoms with van der Waals surface area (Å²) < 4.78 is 67.3. The fourth-order valence-electron chi connectivity index (χ4n) is 8.63. The summed E-state index contributed by atoms with van der Waals surface area (Å²) in [6.07, 6.45) is 23.5. The third kappa shape index (κ3) is 31.0. The molecule has 0 fully saturated rings. The molecule has 83 heavy (non-hydrogen) atoms. The van der Waals surface area contributed by atoms with Gasteiger partial charge in [0.2, 0.25) is 0 Å². The summed E-state index contributed by atoms with van der Waals surface area (Å²) in [5.74, 6) is -1.91. The van der Waals surface area contributed by atoms with E-state index in [4.69, 9.17) is 42.0 Å². The Morgan fingerprint density at radius 1 is 0.301 bits per heavy atom. The minimum absolute atomic E-state index is 0.238. The van der Waals surface area contributed by atoms with Crippen LogP contribution in [0.4, 0.5) is 0 Å². The number of carbonyl (C=O) groups excluding carboxylic acids is 6. The van der Waals surface area contributed by atoms with Crippen molar-refractivity contribution in [2.75, 3.05) is 39.6 Å². The number of hydrogen-bond donors (Lipinski definition) is 0. The number of rotatable bonds is 48. The molecule has 452 valence electrons. The highest BCUT2D eigenvalue weighted by atomic mass is 31.2. The highest BCUT2D eigenvalue weighted by Crippen LogP contribution is 2.52. The largest absolute Gasteiger partial charge is 0.647 e. The Kier molecular flexibility index (Phi) is 35.6. The van der Waals surface area contributed by atoms with Gasteiger partial charge >= 0.3 is 43.6 Å². The fourth-order valence-corrected chi connectivity index (χ4v) is 10.0. The predicted octanol–water partition coefficient (Wildman–Crippen LogP) is 14.0. The molecule has 17 heteroatoms. The number of aryl methyl sites for hydroxylation is 6. The number of unbranched alkanes of at least 4 members (excludes halogenated alkanes) is 12. The minimum Gasteiger partial charge on any atom is -0.463 e. The zero-order chi connectivity index (χ0) is 60.3. The van der Waals surface area contributed by atoms with Gasteiger partial charge in [0.05, 0.1) is 39.6 Å². The average molecular weight is 1170 g/mol. The van der Waals surface area contributed by atoms with Gasteiger partial charge < -0.3 is 42.0 Å². The molecule has 0 aliphatic rings. The van der Waals surface area contributed by atoms with Crippen LogP contribution in [0.25, 0.3) is 0 Å². The number of benzene rings is 3. The number of phosphoric acid groups is 1. The normalized spacial score (nSPS) is 10.8. The van der Waals surface area contributed by atoms with Crippen molar-refractivity contribution in [3.05, 3.63) is 164 Å². The van der Waals surface area contributed by atoms with Crippen LogP contribution in [0.3, 0.4) is 0 Å². The van der Waals surface area contributed by atoms with Crippen LogP contribution in [-0.4, -0.2) is 75.5 Å². The van der Waals surface area contributed by atoms with Gasteiger partial charge in [-0.25, -0.2) is 28.8 Å². The van der Waals surface area contributed by atoms with Crippen molar-refractivity contribution in [2.24, 2.45) is 0 Å². The molecule has 3 aromatic rings. The molecule has 0 saturated carbocycles. The van der Waals surface area contributed by atoms with Crippen LogP contribution in [0.1, 0.15) is 149 Å². The van der Waals surface area contributed by atoms with E-state index in [0.717, 1.165) is 128 Å². The molecule has 0 saturated heterocycles. The quantitative estimate of drug-likeness (QED) is 0.0170. The average Bonchev–Trinajstić information content (AvgIpc) is 3.54. The summed E-state index contributed by atoms with van der Waals surface area (Å²) in [6.45, 7) is 22.4. The van der Waals surface area contributed by atoms with Gasteiger partial charge in [0, 0.05) is 36.5 Å². The molecule has 3 aromatic carbocycles. The molecule has 0 N–H and O–H groups in total. The SMILES string of the molecule is C=CC(=O)OCCCCCc1ccc(OP(=O)(Oc2ccc(CCCCCOC(=O)C=C)cc2CCCCCOC(=O)C=C)Oc2ccc(CCCCCOC(=O)C=C)cc2CCCCCOC(=O)C=C)c(CCCCCOC(=O)C=C)c1. The predicted molar refractivity (Wildman–Crippen MR) is 321 cm³/mol. The van der Waals surface area contributed by atoms with Crippen molar-refractivity contribution in [2.45, 2.75) is 154 Å². The second kappa shape index (κ2) is 42.4. The Morgan fingerprint density at radius 3 is 0.711 bits per heavy atom. The van der Waals surface area contributed by atoms with Gasteiger partial charge in [0.15, 0.2) is 0 Å². The highest BCUT2D eigenvalue weighted by molar-refractivity contribution is 7.49. The summed E-state index contributed by atoms with van der Waals surface area (Å²) in [6, 6.07) is 17.3. The topological polar surface area (TPSA) is 203 Å². The van der Waals surface area contributed by atoms with Crippen LogP contribution in [0.5, 0.6) is 17.2 Å². The van der Waals surface area contributed by atoms with Crippen LogP contribution in [-0.2, 0) is 100 Å². The molecule has 3 rings (SSSR count). The van der Waals surface area contributed by atoms with Crippen molar-refractivity contribution in [1.29, 1.82) is 0 Å². The van der Waals surface area contributed by atoms with E-state index >= 15 is 4.57 Å². The monoisotopic (exact) mass is 1170 g/mol. The van der Waals surface area contributed by atoms with E-state index in [1.165, 1.54) is 0 Å². The Labute approximate surface area is 491 Å². The molecule has 0 bridgehead atoms. The van der Waals surface area contributed by atoms with Crippen LogP contribution >= 0.6 is 7.82 Å². The Morgan fingerprint density at radius 2 is 0.506 bits per heavy atom. The Balaban J connectivity index is 2.11. The molecular weight excluding hydrogens is 1080 g/mol. The van der Waals surface area contributed by atoms with Crippen molar-refractivity contribution in [3.63, 3.8) is 0 Å². The van der Waals surface area contributed by atoms with Gasteiger partial charge in [0.1, 0.15) is 17.2 Å². The molecular formula is C66H87O16P. The second-order valence-corrected chi connectivity index (χ2v) is 21.1. The lowest BCUT2D eigenvalue weighted by Crippen LogP contribution is -2.11. The molecule has 0 amide bonds. The van der Waals surface area contributed by atoms with E-state index in [0.29, 0.717) is 133 Å². The van der Waals surface area contributed by atoms with Gasteiger partial charge in [-0.05, 0) is 206 Å². The van der Waals surface area contributed by atoms with Crippen molar-refractivity contribution >= 4 is 43.6 Å². The lowest BCUT2D eigenvalue weighted by atomic mass is 10.00. The van der Waals surface area contributed by atoms with Crippen LogP contribution < -0.4 is 13.6 Å². The zero-order valence-electron chi connectivity index (χ0n) is 48.6. The first-order chi connectivity index (χ1) is 40.2. The lowest BCUT2D eigenvalue weighted by Gasteiger charge is -2.24. The smallest absolute Gasteiger partial charge is 0.463 e. The number of hydrogen-bond acceptors (Lipinski definition) is 16. The number of phosphoric ester groups is 1. The Hall–Kier alpha value is -7.45. The molecule has 0 spiro atoms. The lowest BCUT2D eigenvalue weighted by molar-refractivity contribution is -0.138. The van der Waals surface area contributed by atoms with Crippen molar-refractivity contribution in [3.8, 4) is 17.2 Å². The van der Waals surface area contributed by atoms with Crippen molar-refractivity contribution in [1.82, 2.24) is 0 Å². The molecule has 0 radical (unpaired) electrons. The molecule has 0 aromatic heterocycles. The molecule has 0 aliphatic carbocycles. The van der Waals surface area contributed by atoms with E-state index in [1.54, 1.807) is 18.2 Å². The van der Waals surface area contributed by atoms with E-state index in [2.05, 4.69) is 39.5 Å². The maximum atomic E-state index is 16.0. The minimum atomic E-state index is -4.68.